The molecule has 3 aromatic heterocycles. The van der Waals surface area contributed by atoms with Crippen LogP contribution in [0, 0.1) is 13.8 Å². The maximum Gasteiger partial charge on any atom is 0.292 e. The summed E-state index contributed by atoms with van der Waals surface area (Å²) >= 11 is 0. The quantitative estimate of drug-likeness (QED) is 0.715. The largest absolute Gasteiger partial charge is 0.361 e. The van der Waals surface area contributed by atoms with E-state index in [1.54, 1.807) is 15.5 Å². The monoisotopic (exact) mass is 312 g/mol. The van der Waals surface area contributed by atoms with Crippen LogP contribution in [0.1, 0.15) is 46.7 Å². The van der Waals surface area contributed by atoms with E-state index >= 15 is 0 Å². The summed E-state index contributed by atoms with van der Waals surface area (Å²) in [5.41, 5.74) is 1.62. The smallest absolute Gasteiger partial charge is 0.292 e. The number of fused-ring (bicyclic) bond motifs is 1. The molecule has 0 N–H and O–H groups in total. The normalized spacial score (nSPS) is 18.0. The number of hydrogen-bond donors (Lipinski definition) is 0. The van der Waals surface area contributed by atoms with E-state index in [0.29, 0.717) is 12.3 Å². The Hall–Kier alpha value is -2.77. The fourth-order valence-electron chi connectivity index (χ4n) is 3.01. The van der Waals surface area contributed by atoms with Crippen LogP contribution < -0.4 is 0 Å². The number of hydrogen-bond acceptors (Lipinski definition) is 6. The van der Waals surface area contributed by atoms with Gasteiger partial charge in [-0.05, 0) is 32.8 Å². The molecule has 3 aromatic rings. The first kappa shape index (κ1) is 13.9. The minimum atomic E-state index is -0.161. The lowest BCUT2D eigenvalue weighted by Crippen LogP contribution is -2.32. The molecular formula is C15H16N6O2. The molecule has 4 rings (SSSR count). The zero-order valence-corrected chi connectivity index (χ0v) is 12.9. The molecule has 1 fully saturated rings. The van der Waals surface area contributed by atoms with E-state index in [2.05, 4.69) is 20.3 Å². The maximum atomic E-state index is 12.9. The van der Waals surface area contributed by atoms with Crippen molar-refractivity contribution in [1.82, 2.24) is 29.6 Å². The predicted molar refractivity (Wildman–Crippen MR) is 79.8 cm³/mol. The van der Waals surface area contributed by atoms with Crippen LogP contribution in [0.15, 0.2) is 22.9 Å². The van der Waals surface area contributed by atoms with E-state index in [1.807, 2.05) is 26.0 Å². The highest BCUT2D eigenvalue weighted by atomic mass is 16.5. The van der Waals surface area contributed by atoms with Crippen molar-refractivity contribution in [2.75, 3.05) is 6.54 Å². The Morgan fingerprint density at radius 2 is 2.22 bits per heavy atom. The zero-order chi connectivity index (χ0) is 16.0. The van der Waals surface area contributed by atoms with Crippen molar-refractivity contribution >= 4 is 11.7 Å². The van der Waals surface area contributed by atoms with Gasteiger partial charge in [-0.1, -0.05) is 5.16 Å². The van der Waals surface area contributed by atoms with Gasteiger partial charge in [-0.15, -0.1) is 10.2 Å². The van der Waals surface area contributed by atoms with E-state index in [-0.39, 0.29) is 17.8 Å². The fourth-order valence-corrected chi connectivity index (χ4v) is 3.01. The summed E-state index contributed by atoms with van der Waals surface area (Å²) in [5.74, 6) is 1.29. The first-order valence-corrected chi connectivity index (χ1v) is 7.56. The van der Waals surface area contributed by atoms with Crippen LogP contribution in [0.2, 0.25) is 0 Å². The third-order valence-electron chi connectivity index (χ3n) is 4.11. The van der Waals surface area contributed by atoms with Crippen molar-refractivity contribution in [3.05, 3.63) is 41.3 Å². The van der Waals surface area contributed by atoms with Crippen molar-refractivity contribution in [3.8, 4) is 0 Å². The van der Waals surface area contributed by atoms with Gasteiger partial charge < -0.3 is 9.42 Å². The van der Waals surface area contributed by atoms with Gasteiger partial charge in [0, 0.05) is 24.5 Å². The number of aryl methyl sites for hydroxylation is 2. The number of rotatable bonds is 2. The molecule has 8 nitrogen and oxygen atoms in total. The van der Waals surface area contributed by atoms with E-state index in [9.17, 15) is 4.79 Å². The zero-order valence-electron chi connectivity index (χ0n) is 12.9. The van der Waals surface area contributed by atoms with E-state index in [1.165, 1.54) is 0 Å². The van der Waals surface area contributed by atoms with E-state index < -0.39 is 0 Å². The van der Waals surface area contributed by atoms with Crippen LogP contribution in [0.25, 0.3) is 5.78 Å². The Morgan fingerprint density at radius 1 is 1.35 bits per heavy atom. The average molecular weight is 312 g/mol. The molecule has 1 saturated heterocycles. The number of likely N-dealkylation sites (tertiary alicyclic amines) is 1. The third kappa shape index (κ3) is 2.26. The number of carbonyl (C=O) groups is 1. The Bertz CT molecular complexity index is 883. The molecular weight excluding hydrogens is 296 g/mol. The van der Waals surface area contributed by atoms with Crippen molar-refractivity contribution in [1.29, 1.82) is 0 Å². The fraction of sp³-hybridized carbons (Fsp3) is 0.400. The van der Waals surface area contributed by atoms with Crippen LogP contribution in [0.3, 0.4) is 0 Å². The molecule has 4 heterocycles. The number of nitrogens with zero attached hydrogens (tertiary/aromatic N) is 6. The highest BCUT2D eigenvalue weighted by molar-refractivity contribution is 5.91. The van der Waals surface area contributed by atoms with Gasteiger partial charge in [-0.25, -0.2) is 4.98 Å². The van der Waals surface area contributed by atoms with Crippen molar-refractivity contribution < 1.29 is 9.32 Å². The first-order valence-electron chi connectivity index (χ1n) is 7.56. The standard InChI is InChI=1S/C15H16N6O2/c1-9-5-7-21-13(17-18-15(21)16-9)14(22)20-6-3-4-12(20)11-8-10(2)23-19-11/h5,7-8,12H,3-4,6H2,1-2H3/t12-/m1/s1. The van der Waals surface area contributed by atoms with Gasteiger partial charge in [-0.2, -0.15) is 0 Å². The van der Waals surface area contributed by atoms with Gasteiger partial charge in [-0.3, -0.25) is 9.20 Å². The molecule has 1 amide bonds. The summed E-state index contributed by atoms with van der Waals surface area (Å²) in [6.07, 6.45) is 3.57. The summed E-state index contributed by atoms with van der Waals surface area (Å²) < 4.78 is 6.77. The predicted octanol–water partition coefficient (Wildman–Crippen LogP) is 1.71. The van der Waals surface area contributed by atoms with Crippen LogP contribution in [-0.2, 0) is 0 Å². The molecule has 1 aliphatic heterocycles. The molecule has 118 valence electrons. The second kappa shape index (κ2) is 5.15. The van der Waals surface area contributed by atoms with Gasteiger partial charge in [0.2, 0.25) is 5.82 Å². The highest BCUT2D eigenvalue weighted by Gasteiger charge is 2.34. The molecule has 0 spiro atoms. The van der Waals surface area contributed by atoms with Gasteiger partial charge >= 0.3 is 0 Å². The number of amides is 1. The molecule has 23 heavy (non-hydrogen) atoms. The minimum Gasteiger partial charge on any atom is -0.361 e. The lowest BCUT2D eigenvalue weighted by molar-refractivity contribution is 0.0717. The topological polar surface area (TPSA) is 89.4 Å². The Morgan fingerprint density at radius 3 is 3.00 bits per heavy atom. The Balaban J connectivity index is 1.69. The number of aromatic nitrogens is 5. The van der Waals surface area contributed by atoms with Crippen molar-refractivity contribution in [3.63, 3.8) is 0 Å². The average Bonchev–Trinajstić information content (AvgIpc) is 3.23. The summed E-state index contributed by atoms with van der Waals surface area (Å²) in [6, 6.07) is 3.63. The van der Waals surface area contributed by atoms with E-state index in [0.717, 1.165) is 30.0 Å². The lowest BCUT2D eigenvalue weighted by atomic mass is 10.1. The van der Waals surface area contributed by atoms with E-state index in [4.69, 9.17) is 4.52 Å². The first-order chi connectivity index (χ1) is 11.1. The lowest BCUT2D eigenvalue weighted by Gasteiger charge is -2.21. The number of carbonyl (C=O) groups excluding carboxylic acids is 1. The summed E-state index contributed by atoms with van der Waals surface area (Å²) in [5, 5.41) is 12.1. The van der Waals surface area contributed by atoms with Gasteiger partial charge in [0.05, 0.1) is 6.04 Å². The molecule has 0 aliphatic carbocycles. The molecule has 1 aliphatic rings. The second-order valence-electron chi connectivity index (χ2n) is 5.78. The maximum absolute atomic E-state index is 12.9. The molecule has 0 radical (unpaired) electrons. The van der Waals surface area contributed by atoms with Crippen molar-refractivity contribution in [2.24, 2.45) is 0 Å². The third-order valence-corrected chi connectivity index (χ3v) is 4.11. The van der Waals surface area contributed by atoms with Crippen LogP contribution in [-0.4, -0.2) is 42.1 Å². The molecule has 0 saturated carbocycles. The SMILES string of the molecule is Cc1ccn2c(C(=O)N3CCC[C@@H]3c3cc(C)on3)nnc2n1. The van der Waals surface area contributed by atoms with Gasteiger partial charge in [0.25, 0.3) is 11.7 Å². The van der Waals surface area contributed by atoms with Crippen LogP contribution in [0.5, 0.6) is 0 Å². The second-order valence-corrected chi connectivity index (χ2v) is 5.78. The summed E-state index contributed by atoms with van der Waals surface area (Å²) in [6.45, 7) is 4.39. The van der Waals surface area contributed by atoms with Crippen LogP contribution in [0.4, 0.5) is 0 Å². The molecule has 1 atom stereocenters. The molecule has 0 bridgehead atoms. The minimum absolute atomic E-state index is 0.0780. The molecule has 0 aromatic carbocycles. The molecule has 0 unspecified atom stereocenters. The van der Waals surface area contributed by atoms with Gasteiger partial charge in [0.15, 0.2) is 0 Å². The highest BCUT2D eigenvalue weighted by Crippen LogP contribution is 2.32. The Labute approximate surface area is 132 Å². The summed E-state index contributed by atoms with van der Waals surface area (Å²) in [7, 11) is 0. The Kier molecular flexibility index (Phi) is 3.10. The van der Waals surface area contributed by atoms with Gasteiger partial charge in [0.1, 0.15) is 11.5 Å². The van der Waals surface area contributed by atoms with Crippen molar-refractivity contribution in [2.45, 2.75) is 32.7 Å². The molecule has 8 heteroatoms. The van der Waals surface area contributed by atoms with Crippen LogP contribution >= 0.6 is 0 Å². The summed E-state index contributed by atoms with van der Waals surface area (Å²) in [4.78, 5) is 19.0.